The van der Waals surface area contributed by atoms with Gasteiger partial charge in [0, 0.05) is 14.1 Å². The number of hydrogen-bond acceptors (Lipinski definition) is 4. The first-order chi connectivity index (χ1) is 11.4. The van der Waals surface area contributed by atoms with Gasteiger partial charge in [0.2, 0.25) is 5.91 Å². The zero-order valence-corrected chi connectivity index (χ0v) is 14.1. The first kappa shape index (κ1) is 15.9. The fourth-order valence-electron chi connectivity index (χ4n) is 2.39. The lowest BCUT2D eigenvalue weighted by Gasteiger charge is -2.11. The fraction of sp³-hybridized carbons (Fsp3) is 0.294. The third-order valence-electron chi connectivity index (χ3n) is 4.09. The Bertz CT molecular complexity index is 984. The minimum absolute atomic E-state index is 0.0381. The van der Waals surface area contributed by atoms with Crippen LogP contribution >= 0.6 is 0 Å². The highest BCUT2D eigenvalue weighted by atomic mass is 16.2. The summed E-state index contributed by atoms with van der Waals surface area (Å²) in [4.78, 5) is 30.1. The third kappa shape index (κ3) is 2.68. The first-order valence-electron chi connectivity index (χ1n) is 7.59. The molecule has 3 aromatic rings. The molecule has 1 aromatic carbocycles. The number of rotatable bonds is 3. The number of carbonyl (C=O) groups excluding carboxylic acids is 1. The van der Waals surface area contributed by atoms with Crippen LogP contribution in [-0.2, 0) is 11.3 Å². The van der Waals surface area contributed by atoms with Crippen molar-refractivity contribution in [3.63, 3.8) is 0 Å². The molecule has 124 valence electrons. The summed E-state index contributed by atoms with van der Waals surface area (Å²) in [5, 5.41) is 4.69. The van der Waals surface area contributed by atoms with E-state index in [0.29, 0.717) is 11.0 Å². The Kier molecular flexibility index (Phi) is 3.92. The predicted octanol–water partition coefficient (Wildman–Crippen LogP) is 1.29. The Balaban J connectivity index is 2.08. The topological polar surface area (TPSA) is 73.0 Å². The normalized spacial score (nSPS) is 11.0. The van der Waals surface area contributed by atoms with Gasteiger partial charge in [-0.1, -0.05) is 6.07 Å². The van der Waals surface area contributed by atoms with E-state index in [1.165, 1.54) is 27.6 Å². The van der Waals surface area contributed by atoms with E-state index in [0.717, 1.165) is 11.3 Å². The van der Waals surface area contributed by atoms with Crippen LogP contribution in [0, 0.1) is 13.8 Å². The third-order valence-corrected chi connectivity index (χ3v) is 4.09. The summed E-state index contributed by atoms with van der Waals surface area (Å²) in [7, 11) is 3.30. The molecule has 7 heteroatoms. The van der Waals surface area contributed by atoms with Gasteiger partial charge >= 0.3 is 0 Å². The predicted molar refractivity (Wildman–Crippen MR) is 91.3 cm³/mol. The largest absolute Gasteiger partial charge is 0.347 e. The molecule has 0 aliphatic rings. The van der Waals surface area contributed by atoms with Crippen molar-refractivity contribution in [2.45, 2.75) is 20.4 Å². The van der Waals surface area contributed by atoms with Gasteiger partial charge in [0.1, 0.15) is 18.3 Å². The van der Waals surface area contributed by atoms with Crippen molar-refractivity contribution in [1.82, 2.24) is 24.2 Å². The molecule has 0 aliphatic heterocycles. The molecule has 0 unspecified atom stereocenters. The Morgan fingerprint density at radius 1 is 1.21 bits per heavy atom. The Hall–Kier alpha value is -2.96. The van der Waals surface area contributed by atoms with E-state index in [9.17, 15) is 9.59 Å². The van der Waals surface area contributed by atoms with Crippen LogP contribution in [0.15, 0.2) is 35.5 Å². The second-order valence-electron chi connectivity index (χ2n) is 6.03. The smallest absolute Gasteiger partial charge is 0.264 e. The van der Waals surface area contributed by atoms with E-state index < -0.39 is 0 Å². The molecule has 24 heavy (non-hydrogen) atoms. The summed E-state index contributed by atoms with van der Waals surface area (Å²) >= 11 is 0. The van der Waals surface area contributed by atoms with Crippen molar-refractivity contribution in [1.29, 1.82) is 0 Å². The number of hydrogen-bond donors (Lipinski definition) is 0. The highest BCUT2D eigenvalue weighted by Crippen LogP contribution is 2.17. The van der Waals surface area contributed by atoms with Gasteiger partial charge in [0.25, 0.3) is 5.56 Å². The molecule has 2 aromatic heterocycles. The SMILES string of the molecule is Cc1ccc(-n2ncc3c(=O)n(CC(=O)N(C)C)cnc32)cc1C. The van der Waals surface area contributed by atoms with E-state index in [2.05, 4.69) is 10.1 Å². The summed E-state index contributed by atoms with van der Waals surface area (Å²) < 4.78 is 2.94. The standard InChI is InChI=1S/C17H19N5O2/c1-11-5-6-13(7-12(11)2)22-16-14(8-19-22)17(24)21(10-18-16)9-15(23)20(3)4/h5-8,10H,9H2,1-4H3. The van der Waals surface area contributed by atoms with E-state index in [1.807, 2.05) is 32.0 Å². The van der Waals surface area contributed by atoms with Gasteiger partial charge in [0.05, 0.1) is 11.9 Å². The molecule has 0 bridgehead atoms. The summed E-state index contributed by atoms with van der Waals surface area (Å²) in [6.45, 7) is 4.03. The monoisotopic (exact) mass is 325 g/mol. The van der Waals surface area contributed by atoms with Gasteiger partial charge in [0.15, 0.2) is 5.65 Å². The molecule has 0 spiro atoms. The molecule has 0 radical (unpaired) electrons. The number of amides is 1. The maximum atomic E-state index is 12.6. The number of likely N-dealkylation sites (N-methyl/N-ethyl adjacent to an activating group) is 1. The Morgan fingerprint density at radius 2 is 1.96 bits per heavy atom. The Labute approximate surface area is 139 Å². The molecule has 0 saturated heterocycles. The molecule has 2 heterocycles. The van der Waals surface area contributed by atoms with Crippen LogP contribution < -0.4 is 5.56 Å². The van der Waals surface area contributed by atoms with E-state index in [4.69, 9.17) is 0 Å². The van der Waals surface area contributed by atoms with E-state index >= 15 is 0 Å². The minimum atomic E-state index is -0.273. The second-order valence-corrected chi connectivity index (χ2v) is 6.03. The summed E-state index contributed by atoms with van der Waals surface area (Å²) in [6, 6.07) is 5.96. The quantitative estimate of drug-likeness (QED) is 0.727. The van der Waals surface area contributed by atoms with Gasteiger partial charge in [-0.2, -0.15) is 5.10 Å². The van der Waals surface area contributed by atoms with E-state index in [1.54, 1.807) is 18.8 Å². The van der Waals surface area contributed by atoms with Gasteiger partial charge in [-0.3, -0.25) is 14.2 Å². The lowest BCUT2D eigenvalue weighted by Crippen LogP contribution is -2.31. The highest BCUT2D eigenvalue weighted by molar-refractivity contribution is 5.77. The molecule has 0 N–H and O–H groups in total. The molecule has 1 amide bonds. The van der Waals surface area contributed by atoms with Gasteiger partial charge in [-0.15, -0.1) is 0 Å². The van der Waals surface area contributed by atoms with Crippen LogP contribution in [0.3, 0.4) is 0 Å². The lowest BCUT2D eigenvalue weighted by atomic mass is 10.1. The number of aryl methyl sites for hydroxylation is 2. The first-order valence-corrected chi connectivity index (χ1v) is 7.59. The zero-order chi connectivity index (χ0) is 17.4. The van der Waals surface area contributed by atoms with Crippen molar-refractivity contribution in [3.8, 4) is 5.69 Å². The number of fused-ring (bicyclic) bond motifs is 1. The summed E-state index contributed by atoms with van der Waals surface area (Å²) in [5.74, 6) is -0.167. The molecular formula is C17H19N5O2. The van der Waals surface area contributed by atoms with Crippen LogP contribution in [0.25, 0.3) is 16.7 Å². The lowest BCUT2D eigenvalue weighted by molar-refractivity contribution is -0.129. The van der Waals surface area contributed by atoms with Crippen LogP contribution in [0.2, 0.25) is 0 Å². The Morgan fingerprint density at radius 3 is 2.62 bits per heavy atom. The van der Waals surface area contributed by atoms with Crippen LogP contribution in [0.5, 0.6) is 0 Å². The maximum absolute atomic E-state index is 12.6. The number of carbonyl (C=O) groups is 1. The second kappa shape index (κ2) is 5.92. The van der Waals surface area contributed by atoms with Crippen LogP contribution in [0.1, 0.15) is 11.1 Å². The zero-order valence-electron chi connectivity index (χ0n) is 14.1. The van der Waals surface area contributed by atoms with E-state index in [-0.39, 0.29) is 18.0 Å². The van der Waals surface area contributed by atoms with Gasteiger partial charge in [-0.25, -0.2) is 9.67 Å². The number of nitrogens with zero attached hydrogens (tertiary/aromatic N) is 5. The molecule has 0 atom stereocenters. The highest BCUT2D eigenvalue weighted by Gasteiger charge is 2.14. The van der Waals surface area contributed by atoms with Crippen molar-refractivity contribution < 1.29 is 4.79 Å². The van der Waals surface area contributed by atoms with Gasteiger partial charge < -0.3 is 4.90 Å². The van der Waals surface area contributed by atoms with Crippen molar-refractivity contribution in [2.75, 3.05) is 14.1 Å². The average molecular weight is 325 g/mol. The van der Waals surface area contributed by atoms with Crippen molar-refractivity contribution >= 4 is 16.9 Å². The molecule has 7 nitrogen and oxygen atoms in total. The summed E-state index contributed by atoms with van der Waals surface area (Å²) in [6.07, 6.45) is 2.89. The summed E-state index contributed by atoms with van der Waals surface area (Å²) in [5.41, 5.74) is 3.39. The molecule has 0 aliphatic carbocycles. The minimum Gasteiger partial charge on any atom is -0.347 e. The number of aromatic nitrogens is 4. The molecular weight excluding hydrogens is 306 g/mol. The van der Waals surface area contributed by atoms with Crippen molar-refractivity contribution in [2.24, 2.45) is 0 Å². The molecule has 3 rings (SSSR count). The van der Waals surface area contributed by atoms with Crippen molar-refractivity contribution in [3.05, 3.63) is 52.2 Å². The van der Waals surface area contributed by atoms with Crippen LogP contribution in [-0.4, -0.2) is 44.2 Å². The molecule has 0 fully saturated rings. The van der Waals surface area contributed by atoms with Crippen LogP contribution in [0.4, 0.5) is 0 Å². The number of benzene rings is 1. The average Bonchev–Trinajstić information content (AvgIpc) is 2.97. The molecule has 0 saturated carbocycles. The maximum Gasteiger partial charge on any atom is 0.264 e. The fourth-order valence-corrected chi connectivity index (χ4v) is 2.39. The van der Waals surface area contributed by atoms with Gasteiger partial charge in [-0.05, 0) is 37.1 Å².